The molecule has 6 rings (SSSR count). The largest absolute Gasteiger partial charge is 0.343 e. The third-order valence-electron chi connectivity index (χ3n) is 5.24. The Balaban J connectivity index is 1.57. The van der Waals surface area contributed by atoms with Crippen molar-refractivity contribution < 1.29 is 0 Å². The van der Waals surface area contributed by atoms with Crippen molar-refractivity contribution in [2.75, 3.05) is 10.8 Å². The maximum absolute atomic E-state index is 13.7. The van der Waals surface area contributed by atoms with E-state index in [2.05, 4.69) is 23.1 Å². The normalized spacial score (nSPS) is 13.5. The fraction of sp³-hybridized carbons (Fsp3) is 0.0870. The third-order valence-corrected chi connectivity index (χ3v) is 8.04. The Kier molecular flexibility index (Phi) is 4.63. The van der Waals surface area contributed by atoms with Crippen LogP contribution in [0, 0.1) is 0 Å². The number of fused-ring (bicyclic) bond motifs is 2. The Morgan fingerprint density at radius 3 is 2.39 bits per heavy atom. The van der Waals surface area contributed by atoms with Crippen molar-refractivity contribution in [1.29, 1.82) is 0 Å². The quantitative estimate of drug-likeness (QED) is 0.320. The summed E-state index contributed by atoms with van der Waals surface area (Å²) in [6, 6.07) is 20.3. The average Bonchev–Trinajstić information content (AvgIpc) is 3.53. The van der Waals surface area contributed by atoms with E-state index in [9.17, 15) is 4.79 Å². The number of benzene rings is 1. The number of hydrogen-bond donors (Lipinski definition) is 0. The van der Waals surface area contributed by atoms with Gasteiger partial charge in [0.2, 0.25) is 0 Å². The van der Waals surface area contributed by atoms with Crippen molar-refractivity contribution in [3.63, 3.8) is 0 Å². The predicted molar refractivity (Wildman–Crippen MR) is 130 cm³/mol. The van der Waals surface area contributed by atoms with Gasteiger partial charge in [0.15, 0.2) is 10.8 Å². The summed E-state index contributed by atoms with van der Waals surface area (Å²) >= 11 is 4.83. The van der Waals surface area contributed by atoms with Gasteiger partial charge in [-0.05, 0) is 41.1 Å². The van der Waals surface area contributed by atoms with Gasteiger partial charge in [-0.3, -0.25) is 9.36 Å². The molecule has 0 amide bonds. The molecule has 1 aliphatic heterocycles. The molecule has 0 radical (unpaired) electrons. The van der Waals surface area contributed by atoms with Crippen LogP contribution in [-0.4, -0.2) is 20.4 Å². The highest BCUT2D eigenvalue weighted by Gasteiger charge is 2.24. The summed E-state index contributed by atoms with van der Waals surface area (Å²) in [4.78, 5) is 27.7. The van der Waals surface area contributed by atoms with E-state index in [1.165, 1.54) is 0 Å². The second kappa shape index (κ2) is 7.64. The van der Waals surface area contributed by atoms with Crippen LogP contribution in [0.15, 0.2) is 81.4 Å². The van der Waals surface area contributed by atoms with Gasteiger partial charge in [-0.15, -0.1) is 22.7 Å². The summed E-state index contributed by atoms with van der Waals surface area (Å²) in [5.41, 5.74) is 3.33. The maximum Gasteiger partial charge on any atom is 0.265 e. The third kappa shape index (κ3) is 3.27. The molecule has 0 unspecified atom stereocenters. The van der Waals surface area contributed by atoms with Gasteiger partial charge in [-0.25, -0.2) is 9.97 Å². The van der Waals surface area contributed by atoms with Gasteiger partial charge >= 0.3 is 0 Å². The summed E-state index contributed by atoms with van der Waals surface area (Å²) < 4.78 is 1.77. The smallest absolute Gasteiger partial charge is 0.265 e. The zero-order chi connectivity index (χ0) is 20.8. The molecule has 31 heavy (non-hydrogen) atoms. The van der Waals surface area contributed by atoms with Crippen molar-refractivity contribution in [1.82, 2.24) is 14.5 Å². The van der Waals surface area contributed by atoms with Crippen molar-refractivity contribution in [2.24, 2.45) is 0 Å². The summed E-state index contributed by atoms with van der Waals surface area (Å²) in [6.45, 7) is 0.477. The van der Waals surface area contributed by atoms with Crippen LogP contribution in [0.1, 0.15) is 0 Å². The van der Waals surface area contributed by atoms with Gasteiger partial charge < -0.3 is 4.90 Å². The zero-order valence-electron chi connectivity index (χ0n) is 16.3. The first-order valence-corrected chi connectivity index (χ1v) is 12.5. The number of para-hydroxylation sites is 1. The molecule has 0 spiro atoms. The van der Waals surface area contributed by atoms with E-state index < -0.39 is 0 Å². The number of pyridine rings is 1. The lowest BCUT2D eigenvalue weighted by molar-refractivity contribution is 0.568. The van der Waals surface area contributed by atoms with Crippen LogP contribution in [0.3, 0.4) is 0 Å². The topological polar surface area (TPSA) is 51.0 Å². The number of rotatable bonds is 3. The molecule has 152 valence electrons. The van der Waals surface area contributed by atoms with Crippen molar-refractivity contribution in [2.45, 2.75) is 11.8 Å². The Bertz CT molecular complexity index is 1430. The zero-order valence-corrected chi connectivity index (χ0v) is 18.7. The van der Waals surface area contributed by atoms with Crippen LogP contribution >= 0.6 is 34.4 Å². The van der Waals surface area contributed by atoms with Crippen LogP contribution in [-0.2, 0) is 6.67 Å². The van der Waals surface area contributed by atoms with Gasteiger partial charge in [-0.2, -0.15) is 0 Å². The molecule has 5 heterocycles. The molecule has 0 bridgehead atoms. The van der Waals surface area contributed by atoms with E-state index in [0.29, 0.717) is 17.7 Å². The number of anilines is 1. The van der Waals surface area contributed by atoms with E-state index >= 15 is 0 Å². The molecular formula is C23H16N4OS3. The molecule has 4 aromatic heterocycles. The van der Waals surface area contributed by atoms with E-state index in [1.54, 1.807) is 39.0 Å². The Morgan fingerprint density at radius 2 is 1.65 bits per heavy atom. The Labute approximate surface area is 190 Å². The van der Waals surface area contributed by atoms with Crippen LogP contribution in [0.5, 0.6) is 0 Å². The van der Waals surface area contributed by atoms with Crippen molar-refractivity contribution >= 4 is 51.2 Å². The predicted octanol–water partition coefficient (Wildman–Crippen LogP) is 5.78. The van der Waals surface area contributed by atoms with Crippen LogP contribution < -0.4 is 10.5 Å². The first-order chi connectivity index (χ1) is 15.3. The molecule has 0 fully saturated rings. The van der Waals surface area contributed by atoms with Crippen LogP contribution in [0.25, 0.3) is 32.0 Å². The average molecular weight is 461 g/mol. The first kappa shape index (κ1) is 18.8. The lowest BCUT2D eigenvalue weighted by Crippen LogP contribution is -2.37. The monoisotopic (exact) mass is 460 g/mol. The molecular weight excluding hydrogens is 444 g/mol. The van der Waals surface area contributed by atoms with Crippen molar-refractivity contribution in [3.05, 3.63) is 81.8 Å². The molecule has 8 heteroatoms. The molecule has 0 saturated heterocycles. The molecule has 0 N–H and O–H groups in total. The molecule has 5 nitrogen and oxygen atoms in total. The van der Waals surface area contributed by atoms with Gasteiger partial charge in [0.25, 0.3) is 5.56 Å². The van der Waals surface area contributed by atoms with Crippen LogP contribution in [0.2, 0.25) is 0 Å². The van der Waals surface area contributed by atoms with E-state index in [1.807, 2.05) is 53.2 Å². The number of hydrogen-bond acceptors (Lipinski definition) is 7. The van der Waals surface area contributed by atoms with Gasteiger partial charge in [0.1, 0.15) is 6.67 Å². The van der Waals surface area contributed by atoms with Crippen LogP contribution in [0.4, 0.5) is 5.69 Å². The Hall–Kier alpha value is -2.94. The molecule has 0 atom stereocenters. The lowest BCUT2D eigenvalue weighted by atomic mass is 10.1. The minimum Gasteiger partial charge on any atom is -0.343 e. The lowest BCUT2D eigenvalue weighted by Gasteiger charge is -2.30. The fourth-order valence-electron chi connectivity index (χ4n) is 3.75. The van der Waals surface area contributed by atoms with E-state index in [4.69, 9.17) is 9.97 Å². The number of nitrogens with zero attached hydrogens (tertiary/aromatic N) is 4. The number of thioether (sulfide) groups is 1. The van der Waals surface area contributed by atoms with E-state index in [0.717, 1.165) is 37.7 Å². The highest BCUT2D eigenvalue weighted by Crippen LogP contribution is 2.35. The van der Waals surface area contributed by atoms with Gasteiger partial charge in [0, 0.05) is 16.1 Å². The summed E-state index contributed by atoms with van der Waals surface area (Å²) in [5, 5.41) is 5.37. The standard InChI is InChI=1S/C23H16N4OS3/c28-22-20-16(18-8-4-10-29-18)12-17(19-9-5-11-30-19)24-21(20)25-23-27(22)13-26(14-31-23)15-6-2-1-3-7-15/h1-12H,13-14H2. The Morgan fingerprint density at radius 1 is 0.871 bits per heavy atom. The van der Waals surface area contributed by atoms with E-state index in [-0.39, 0.29) is 5.56 Å². The maximum atomic E-state index is 13.7. The van der Waals surface area contributed by atoms with Gasteiger partial charge in [-0.1, -0.05) is 42.1 Å². The molecule has 0 saturated carbocycles. The molecule has 1 aromatic carbocycles. The minimum absolute atomic E-state index is 0.0400. The SMILES string of the molecule is O=c1c2c(-c3cccs3)cc(-c3cccs3)nc2nc2n1CN(c1ccccc1)CS2. The fourth-order valence-corrected chi connectivity index (χ4v) is 6.13. The summed E-state index contributed by atoms with van der Waals surface area (Å²) in [7, 11) is 0. The van der Waals surface area contributed by atoms with Crippen molar-refractivity contribution in [3.8, 4) is 21.0 Å². The minimum atomic E-state index is -0.0400. The second-order valence-electron chi connectivity index (χ2n) is 7.13. The number of aromatic nitrogens is 3. The molecule has 0 aliphatic carbocycles. The molecule has 1 aliphatic rings. The first-order valence-electron chi connectivity index (χ1n) is 9.74. The molecule has 5 aromatic rings. The van der Waals surface area contributed by atoms with Gasteiger partial charge in [0.05, 0.1) is 21.8 Å². The second-order valence-corrected chi connectivity index (χ2v) is 9.93. The summed E-state index contributed by atoms with van der Waals surface area (Å²) in [6.07, 6.45) is 0. The number of thiophene rings is 2. The highest BCUT2D eigenvalue weighted by atomic mass is 32.2. The highest BCUT2D eigenvalue weighted by molar-refractivity contribution is 7.99. The summed E-state index contributed by atoms with van der Waals surface area (Å²) in [5.74, 6) is 0.740.